The van der Waals surface area contributed by atoms with Crippen LogP contribution >= 0.6 is 0 Å². The number of carbonyl (C=O) groups is 1. The van der Waals surface area contributed by atoms with E-state index in [9.17, 15) is 4.79 Å². The van der Waals surface area contributed by atoms with Gasteiger partial charge < -0.3 is 9.30 Å². The normalized spacial score (nSPS) is 12.3. The van der Waals surface area contributed by atoms with Crippen LogP contribution in [0.25, 0.3) is 11.0 Å². The molecule has 0 aliphatic heterocycles. The molecule has 2 heterocycles. The summed E-state index contributed by atoms with van der Waals surface area (Å²) >= 11 is 0. The third kappa shape index (κ3) is 2.17. The van der Waals surface area contributed by atoms with E-state index >= 15 is 0 Å². The van der Waals surface area contributed by atoms with Crippen LogP contribution in [0.15, 0.2) is 48.7 Å². The van der Waals surface area contributed by atoms with Gasteiger partial charge in [-0.2, -0.15) is 0 Å². The van der Waals surface area contributed by atoms with E-state index < -0.39 is 0 Å². The molecule has 0 amide bonds. The number of pyridine rings is 1. The summed E-state index contributed by atoms with van der Waals surface area (Å²) in [5.41, 5.74) is 4.23. The van der Waals surface area contributed by atoms with Crippen molar-refractivity contribution >= 4 is 17.0 Å². The molecule has 112 valence electrons. The van der Waals surface area contributed by atoms with E-state index in [0.29, 0.717) is 11.1 Å². The summed E-state index contributed by atoms with van der Waals surface area (Å²) in [6.45, 7) is 4.06. The summed E-state index contributed by atoms with van der Waals surface area (Å²) in [4.78, 5) is 16.5. The van der Waals surface area contributed by atoms with Gasteiger partial charge >= 0.3 is 5.97 Å². The summed E-state index contributed by atoms with van der Waals surface area (Å²) in [5.74, 6) is -0.347. The molecule has 1 unspecified atom stereocenters. The molecule has 0 bridgehead atoms. The topological polar surface area (TPSA) is 44.1 Å². The van der Waals surface area contributed by atoms with Crippen LogP contribution in [-0.2, 0) is 4.74 Å². The van der Waals surface area contributed by atoms with E-state index in [0.717, 1.165) is 11.2 Å². The molecule has 2 aromatic heterocycles. The van der Waals surface area contributed by atoms with E-state index in [-0.39, 0.29) is 12.0 Å². The van der Waals surface area contributed by atoms with Crippen molar-refractivity contribution in [1.82, 2.24) is 9.55 Å². The third-order valence-corrected chi connectivity index (χ3v) is 4.06. The van der Waals surface area contributed by atoms with Gasteiger partial charge in [-0.1, -0.05) is 30.3 Å². The van der Waals surface area contributed by atoms with Crippen molar-refractivity contribution in [2.45, 2.75) is 19.9 Å². The van der Waals surface area contributed by atoms with Crippen LogP contribution in [0.3, 0.4) is 0 Å². The van der Waals surface area contributed by atoms with Crippen molar-refractivity contribution in [3.63, 3.8) is 0 Å². The predicted molar refractivity (Wildman–Crippen MR) is 86.1 cm³/mol. The lowest BCUT2D eigenvalue weighted by molar-refractivity contribution is 0.0601. The molecule has 0 fully saturated rings. The Balaban J connectivity index is 2.26. The molecule has 4 heteroatoms. The number of methoxy groups -OCH3 is 1. The fourth-order valence-corrected chi connectivity index (χ4v) is 2.98. The van der Waals surface area contributed by atoms with Crippen molar-refractivity contribution in [3.8, 4) is 0 Å². The minimum Gasteiger partial charge on any atom is -0.465 e. The molecule has 0 saturated heterocycles. The number of fused-ring (bicyclic) bond motifs is 1. The quantitative estimate of drug-likeness (QED) is 0.691. The first kappa shape index (κ1) is 14.3. The van der Waals surface area contributed by atoms with Crippen molar-refractivity contribution in [3.05, 3.63) is 65.5 Å². The van der Waals surface area contributed by atoms with Gasteiger partial charge in [0.05, 0.1) is 18.7 Å². The Hall–Kier alpha value is -2.62. The van der Waals surface area contributed by atoms with E-state index in [2.05, 4.69) is 28.6 Å². The maximum Gasteiger partial charge on any atom is 0.341 e. The monoisotopic (exact) mass is 294 g/mol. The number of hydrogen-bond donors (Lipinski definition) is 0. The van der Waals surface area contributed by atoms with Gasteiger partial charge in [0.15, 0.2) is 0 Å². The number of esters is 1. The standard InChI is InChI=1S/C18H18N2O2/c1-12(14-8-5-4-6-9-14)20-13(2)16(18(21)22-3)17-15(20)10-7-11-19-17/h4-12H,1-3H3. The first-order valence-corrected chi connectivity index (χ1v) is 7.24. The molecule has 1 atom stereocenters. The van der Waals surface area contributed by atoms with E-state index in [4.69, 9.17) is 4.74 Å². The Labute approximate surface area is 129 Å². The summed E-state index contributed by atoms with van der Waals surface area (Å²) in [6.07, 6.45) is 1.70. The van der Waals surface area contributed by atoms with Gasteiger partial charge in [0.1, 0.15) is 11.1 Å². The molecular formula is C18H18N2O2. The van der Waals surface area contributed by atoms with Gasteiger partial charge in [-0.15, -0.1) is 0 Å². The number of rotatable bonds is 3. The highest BCUT2D eigenvalue weighted by molar-refractivity contribution is 6.04. The third-order valence-electron chi connectivity index (χ3n) is 4.06. The van der Waals surface area contributed by atoms with Gasteiger partial charge in [-0.05, 0) is 31.5 Å². The Kier molecular flexibility index (Phi) is 3.67. The van der Waals surface area contributed by atoms with Crippen molar-refractivity contribution in [2.24, 2.45) is 0 Å². The maximum atomic E-state index is 12.1. The van der Waals surface area contributed by atoms with Crippen LogP contribution in [0.5, 0.6) is 0 Å². The van der Waals surface area contributed by atoms with Crippen LogP contribution in [-0.4, -0.2) is 22.6 Å². The first-order valence-electron chi connectivity index (χ1n) is 7.24. The van der Waals surface area contributed by atoms with E-state index in [1.807, 2.05) is 37.3 Å². The lowest BCUT2D eigenvalue weighted by Gasteiger charge is -2.18. The van der Waals surface area contributed by atoms with Crippen LogP contribution < -0.4 is 0 Å². The van der Waals surface area contributed by atoms with Crippen LogP contribution in [0.2, 0.25) is 0 Å². The number of hydrogen-bond acceptors (Lipinski definition) is 3. The molecule has 1 aromatic carbocycles. The zero-order valence-electron chi connectivity index (χ0n) is 12.9. The zero-order chi connectivity index (χ0) is 15.7. The summed E-state index contributed by atoms with van der Waals surface area (Å²) in [7, 11) is 1.40. The summed E-state index contributed by atoms with van der Waals surface area (Å²) < 4.78 is 7.07. The van der Waals surface area contributed by atoms with Crippen LogP contribution in [0.4, 0.5) is 0 Å². The molecule has 0 N–H and O–H groups in total. The highest BCUT2D eigenvalue weighted by Gasteiger charge is 2.24. The van der Waals surface area contributed by atoms with Gasteiger partial charge in [0, 0.05) is 11.9 Å². The molecule has 0 aliphatic carbocycles. The lowest BCUT2D eigenvalue weighted by Crippen LogP contribution is -2.10. The van der Waals surface area contributed by atoms with Crippen molar-refractivity contribution < 1.29 is 9.53 Å². The molecule has 3 aromatic rings. The predicted octanol–water partition coefficient (Wildman–Crippen LogP) is 3.74. The fourth-order valence-electron chi connectivity index (χ4n) is 2.98. The minimum absolute atomic E-state index is 0.103. The maximum absolute atomic E-state index is 12.1. The fraction of sp³-hybridized carbons (Fsp3) is 0.222. The van der Waals surface area contributed by atoms with Gasteiger partial charge in [0.25, 0.3) is 0 Å². The average molecular weight is 294 g/mol. The van der Waals surface area contributed by atoms with Crippen LogP contribution in [0, 0.1) is 6.92 Å². The number of aromatic nitrogens is 2. The number of carbonyl (C=O) groups excluding carboxylic acids is 1. The second-order valence-electron chi connectivity index (χ2n) is 5.28. The number of ether oxygens (including phenoxy) is 1. The van der Waals surface area contributed by atoms with E-state index in [1.165, 1.54) is 12.7 Å². The summed E-state index contributed by atoms with van der Waals surface area (Å²) in [6, 6.07) is 14.2. The van der Waals surface area contributed by atoms with Gasteiger partial charge in [-0.25, -0.2) is 4.79 Å². The minimum atomic E-state index is -0.347. The van der Waals surface area contributed by atoms with Gasteiger partial charge in [0.2, 0.25) is 0 Å². The van der Waals surface area contributed by atoms with Gasteiger partial charge in [-0.3, -0.25) is 4.98 Å². The molecule has 3 rings (SSSR count). The second-order valence-corrected chi connectivity index (χ2v) is 5.28. The Bertz CT molecular complexity index is 822. The first-order chi connectivity index (χ1) is 10.6. The molecule has 0 spiro atoms. The molecule has 22 heavy (non-hydrogen) atoms. The lowest BCUT2D eigenvalue weighted by atomic mass is 10.1. The average Bonchev–Trinajstić information content (AvgIpc) is 2.86. The zero-order valence-corrected chi connectivity index (χ0v) is 12.9. The largest absolute Gasteiger partial charge is 0.465 e. The number of nitrogens with zero attached hydrogens (tertiary/aromatic N) is 2. The molecule has 0 aliphatic rings. The molecule has 0 saturated carbocycles. The molecule has 0 radical (unpaired) electrons. The van der Waals surface area contributed by atoms with Crippen LogP contribution in [0.1, 0.15) is 34.6 Å². The Morgan fingerprint density at radius 3 is 2.59 bits per heavy atom. The Morgan fingerprint density at radius 2 is 1.91 bits per heavy atom. The second kappa shape index (κ2) is 5.64. The van der Waals surface area contributed by atoms with Crippen molar-refractivity contribution in [1.29, 1.82) is 0 Å². The number of benzene rings is 1. The van der Waals surface area contributed by atoms with E-state index in [1.54, 1.807) is 6.20 Å². The van der Waals surface area contributed by atoms with Crippen molar-refractivity contribution in [2.75, 3.05) is 7.11 Å². The summed E-state index contributed by atoms with van der Waals surface area (Å²) in [5, 5.41) is 0. The highest BCUT2D eigenvalue weighted by atomic mass is 16.5. The molecular weight excluding hydrogens is 276 g/mol. The SMILES string of the molecule is COC(=O)c1c(C)n(C(C)c2ccccc2)c2cccnc12. The molecule has 4 nitrogen and oxygen atoms in total. The highest BCUT2D eigenvalue weighted by Crippen LogP contribution is 2.30. The Morgan fingerprint density at radius 1 is 1.18 bits per heavy atom. The smallest absolute Gasteiger partial charge is 0.341 e.